The van der Waals surface area contributed by atoms with Crippen molar-refractivity contribution in [1.82, 2.24) is 4.90 Å². The molecular weight excluding hydrogens is 374 g/mol. The van der Waals surface area contributed by atoms with Crippen LogP contribution in [0.1, 0.15) is 66.2 Å². The molecule has 0 atom stereocenters. The van der Waals surface area contributed by atoms with E-state index in [2.05, 4.69) is 9.98 Å². The van der Waals surface area contributed by atoms with Gasteiger partial charge >= 0.3 is 0 Å². The molecule has 4 N–H and O–H groups in total. The molecule has 0 radical (unpaired) electrons. The maximum atomic E-state index is 12.1. The molecular formula is C20H39N5O4. The molecule has 0 aliphatic rings. The van der Waals surface area contributed by atoms with Crippen molar-refractivity contribution in [3.8, 4) is 0 Å². The highest BCUT2D eigenvalue weighted by Gasteiger charge is 2.31. The highest BCUT2D eigenvalue weighted by Crippen LogP contribution is 2.29. The quantitative estimate of drug-likeness (QED) is 0.267. The molecule has 1 amide bonds. The average molecular weight is 414 g/mol. The summed E-state index contributed by atoms with van der Waals surface area (Å²) in [6.07, 6.45) is 4.83. The van der Waals surface area contributed by atoms with Crippen LogP contribution in [0.2, 0.25) is 0 Å². The molecule has 9 nitrogen and oxygen atoms in total. The van der Waals surface area contributed by atoms with Crippen molar-refractivity contribution >= 4 is 24.1 Å². The van der Waals surface area contributed by atoms with E-state index in [-0.39, 0.29) is 18.5 Å². The van der Waals surface area contributed by atoms with Gasteiger partial charge in [0.2, 0.25) is 5.96 Å². The second-order valence-electron chi connectivity index (χ2n) is 7.27. The zero-order valence-corrected chi connectivity index (χ0v) is 18.9. The van der Waals surface area contributed by atoms with Crippen molar-refractivity contribution in [2.75, 3.05) is 27.3 Å². The number of amides is 1. The van der Waals surface area contributed by atoms with Crippen LogP contribution in [-0.2, 0) is 19.1 Å². The predicted molar refractivity (Wildman–Crippen MR) is 116 cm³/mol. The van der Waals surface area contributed by atoms with Gasteiger partial charge in [0.15, 0.2) is 5.96 Å². The topological polar surface area (TPSA) is 133 Å². The van der Waals surface area contributed by atoms with Crippen LogP contribution in [-0.4, -0.2) is 67.5 Å². The number of rotatable bonds is 13. The van der Waals surface area contributed by atoms with Gasteiger partial charge in [0.05, 0.1) is 17.8 Å². The van der Waals surface area contributed by atoms with Crippen LogP contribution in [0, 0.1) is 0 Å². The molecule has 0 aromatic carbocycles. The van der Waals surface area contributed by atoms with E-state index in [1.165, 1.54) is 0 Å². The Bertz CT molecular complexity index is 567. The van der Waals surface area contributed by atoms with Crippen LogP contribution >= 0.6 is 0 Å². The second-order valence-corrected chi connectivity index (χ2v) is 7.27. The van der Waals surface area contributed by atoms with Crippen LogP contribution in [0.4, 0.5) is 0 Å². The summed E-state index contributed by atoms with van der Waals surface area (Å²) in [5.74, 6) is -0.585. The maximum Gasteiger partial charge on any atom is 0.274 e. The first-order chi connectivity index (χ1) is 13.6. The standard InChI is InChI=1S/C20H39N5O4/c1-7-19(8-2,11-13-26)28-14-12-20(9-3,10-4)29-15-16(27)23-17(21)24-18(22)25(5)6/h13H,7-12,14-15H2,1-6H3,(H4,21,22,23,24,27). The number of hydrogen-bond donors (Lipinski definition) is 2. The number of carbonyl (C=O) groups is 2. The third-order valence-corrected chi connectivity index (χ3v) is 5.43. The van der Waals surface area contributed by atoms with Crippen molar-refractivity contribution in [3.63, 3.8) is 0 Å². The van der Waals surface area contributed by atoms with Crippen molar-refractivity contribution in [2.24, 2.45) is 21.5 Å². The Morgan fingerprint density at radius 2 is 1.52 bits per heavy atom. The summed E-state index contributed by atoms with van der Waals surface area (Å²) < 4.78 is 12.0. The SMILES string of the molecule is CCC(CC)(CC=O)OCCC(CC)(CC)OCC(=O)N=C(N)/N=C(\N)N(C)C. The molecule has 0 spiro atoms. The Balaban J connectivity index is 4.94. The number of nitrogens with two attached hydrogens (primary N) is 2. The van der Waals surface area contributed by atoms with E-state index in [9.17, 15) is 9.59 Å². The molecule has 0 bridgehead atoms. The molecule has 0 aliphatic carbocycles. The summed E-state index contributed by atoms with van der Waals surface area (Å²) in [6.45, 7) is 8.28. The Labute approximate surface area is 174 Å². The van der Waals surface area contributed by atoms with Crippen molar-refractivity contribution in [2.45, 2.75) is 77.4 Å². The smallest absolute Gasteiger partial charge is 0.274 e. The Morgan fingerprint density at radius 3 is 1.97 bits per heavy atom. The van der Waals surface area contributed by atoms with E-state index >= 15 is 0 Å². The fraction of sp³-hybridized carbons (Fsp3) is 0.800. The van der Waals surface area contributed by atoms with Gasteiger partial charge in [-0.05, 0) is 32.1 Å². The lowest BCUT2D eigenvalue weighted by molar-refractivity contribution is -0.137. The first-order valence-corrected chi connectivity index (χ1v) is 10.2. The highest BCUT2D eigenvalue weighted by atomic mass is 16.5. The van der Waals surface area contributed by atoms with Crippen LogP contribution in [0.25, 0.3) is 0 Å². The van der Waals surface area contributed by atoms with Gasteiger partial charge in [-0.3, -0.25) is 4.79 Å². The van der Waals surface area contributed by atoms with Crippen molar-refractivity contribution in [1.29, 1.82) is 0 Å². The summed E-state index contributed by atoms with van der Waals surface area (Å²) >= 11 is 0. The van der Waals surface area contributed by atoms with Gasteiger partial charge in [-0.25, -0.2) is 0 Å². The molecule has 0 heterocycles. The van der Waals surface area contributed by atoms with Crippen molar-refractivity contribution in [3.05, 3.63) is 0 Å². The van der Waals surface area contributed by atoms with E-state index in [1.807, 2.05) is 27.7 Å². The summed E-state index contributed by atoms with van der Waals surface area (Å²) in [4.78, 5) is 32.2. The first-order valence-electron chi connectivity index (χ1n) is 10.2. The van der Waals surface area contributed by atoms with E-state index in [0.29, 0.717) is 32.3 Å². The minimum absolute atomic E-state index is 0.152. The second kappa shape index (κ2) is 13.3. The van der Waals surface area contributed by atoms with Crippen LogP contribution in [0.5, 0.6) is 0 Å². The van der Waals surface area contributed by atoms with Gasteiger partial charge in [0.1, 0.15) is 12.9 Å². The molecule has 29 heavy (non-hydrogen) atoms. The van der Waals surface area contributed by atoms with E-state index in [4.69, 9.17) is 20.9 Å². The number of aldehydes is 1. The zero-order chi connectivity index (χ0) is 22.5. The molecule has 0 fully saturated rings. The number of carbonyl (C=O) groups excluding carboxylic acids is 2. The molecule has 0 rings (SSSR count). The number of nitrogens with zero attached hydrogens (tertiary/aromatic N) is 3. The number of aliphatic imine (C=N–C) groups is 2. The van der Waals surface area contributed by atoms with E-state index < -0.39 is 17.1 Å². The highest BCUT2D eigenvalue weighted by molar-refractivity contribution is 5.99. The third kappa shape index (κ3) is 9.36. The lowest BCUT2D eigenvalue weighted by Gasteiger charge is -2.35. The molecule has 168 valence electrons. The van der Waals surface area contributed by atoms with Crippen LogP contribution in [0.3, 0.4) is 0 Å². The summed E-state index contributed by atoms with van der Waals surface area (Å²) in [5.41, 5.74) is 10.3. The van der Waals surface area contributed by atoms with Gasteiger partial charge in [-0.2, -0.15) is 9.98 Å². The fourth-order valence-corrected chi connectivity index (χ4v) is 2.90. The van der Waals surface area contributed by atoms with Crippen LogP contribution in [0.15, 0.2) is 9.98 Å². The Kier molecular flexibility index (Phi) is 12.4. The van der Waals surface area contributed by atoms with Gasteiger partial charge in [-0.1, -0.05) is 27.7 Å². The third-order valence-electron chi connectivity index (χ3n) is 5.43. The lowest BCUT2D eigenvalue weighted by atomic mass is 9.91. The molecule has 0 saturated heterocycles. The number of hydrogen-bond acceptors (Lipinski definition) is 4. The summed E-state index contributed by atoms with van der Waals surface area (Å²) in [6, 6.07) is 0. The van der Waals surface area contributed by atoms with Crippen molar-refractivity contribution < 1.29 is 19.1 Å². The molecule has 0 aromatic rings. The normalized spacial score (nSPS) is 13.4. The molecule has 0 aliphatic heterocycles. The van der Waals surface area contributed by atoms with Gasteiger partial charge in [0.25, 0.3) is 5.91 Å². The van der Waals surface area contributed by atoms with Crippen LogP contribution < -0.4 is 11.5 Å². The summed E-state index contributed by atoms with van der Waals surface area (Å²) in [5, 5.41) is 0. The average Bonchev–Trinajstić information content (AvgIpc) is 2.69. The fourth-order valence-electron chi connectivity index (χ4n) is 2.90. The minimum Gasteiger partial charge on any atom is -0.374 e. The maximum absolute atomic E-state index is 12.1. The number of ether oxygens (including phenoxy) is 2. The first kappa shape index (κ1) is 27.0. The predicted octanol–water partition coefficient (Wildman–Crippen LogP) is 1.83. The van der Waals surface area contributed by atoms with E-state index in [1.54, 1.807) is 19.0 Å². The Hall–Kier alpha value is -2.00. The molecule has 9 heteroatoms. The van der Waals surface area contributed by atoms with Gasteiger partial charge < -0.3 is 30.6 Å². The largest absolute Gasteiger partial charge is 0.374 e. The van der Waals surface area contributed by atoms with Gasteiger partial charge in [0, 0.05) is 20.5 Å². The van der Waals surface area contributed by atoms with Gasteiger partial charge in [-0.15, -0.1) is 0 Å². The minimum atomic E-state index is -0.526. The lowest BCUT2D eigenvalue weighted by Crippen LogP contribution is -2.38. The zero-order valence-electron chi connectivity index (χ0n) is 18.9. The van der Waals surface area contributed by atoms with E-state index in [0.717, 1.165) is 19.1 Å². The molecule has 0 saturated carbocycles. The summed E-state index contributed by atoms with van der Waals surface area (Å²) in [7, 11) is 3.41. The Morgan fingerprint density at radius 1 is 0.966 bits per heavy atom. The number of guanidine groups is 2. The molecule has 0 aromatic heterocycles. The molecule has 0 unspecified atom stereocenters. The monoisotopic (exact) mass is 413 g/mol.